The summed E-state index contributed by atoms with van der Waals surface area (Å²) in [6.07, 6.45) is 0.118. The molecular weight excluding hydrogens is 295 g/mol. The summed E-state index contributed by atoms with van der Waals surface area (Å²) in [5.41, 5.74) is 1.63. The Morgan fingerprint density at radius 3 is 2.48 bits per heavy atom. The molecule has 2 atom stereocenters. The zero-order valence-corrected chi connectivity index (χ0v) is 12.7. The Bertz CT molecular complexity index is 660. The van der Waals surface area contributed by atoms with Crippen molar-refractivity contribution in [2.24, 2.45) is 0 Å². The van der Waals surface area contributed by atoms with Gasteiger partial charge in [0.25, 0.3) is 0 Å². The van der Waals surface area contributed by atoms with Gasteiger partial charge in [0.1, 0.15) is 5.82 Å². The number of halogens is 1. The van der Waals surface area contributed by atoms with E-state index in [1.54, 1.807) is 4.90 Å². The highest BCUT2D eigenvalue weighted by molar-refractivity contribution is 5.89. The van der Waals surface area contributed by atoms with Gasteiger partial charge >= 0.3 is 6.03 Å². The number of amides is 2. The second kappa shape index (κ2) is 6.79. The van der Waals surface area contributed by atoms with Crippen LogP contribution in [-0.4, -0.2) is 35.2 Å². The molecule has 1 saturated heterocycles. The molecule has 4 nitrogen and oxygen atoms in total. The van der Waals surface area contributed by atoms with Gasteiger partial charge in [0.2, 0.25) is 0 Å². The lowest BCUT2D eigenvalue weighted by Crippen LogP contribution is -2.47. The van der Waals surface area contributed by atoms with Crippen LogP contribution in [-0.2, 0) is 0 Å². The van der Waals surface area contributed by atoms with Gasteiger partial charge in [-0.2, -0.15) is 0 Å². The Morgan fingerprint density at radius 1 is 1.13 bits per heavy atom. The number of aliphatic hydroxyl groups is 1. The number of carbonyl (C=O) groups is 1. The monoisotopic (exact) mass is 314 g/mol. The van der Waals surface area contributed by atoms with Crippen molar-refractivity contribution in [2.75, 3.05) is 18.4 Å². The van der Waals surface area contributed by atoms with Crippen molar-refractivity contribution >= 4 is 11.7 Å². The highest BCUT2D eigenvalue weighted by Gasteiger charge is 2.31. The van der Waals surface area contributed by atoms with Gasteiger partial charge < -0.3 is 15.3 Å². The van der Waals surface area contributed by atoms with E-state index >= 15 is 0 Å². The van der Waals surface area contributed by atoms with Crippen molar-refractivity contribution in [1.29, 1.82) is 0 Å². The van der Waals surface area contributed by atoms with Crippen LogP contribution in [0.2, 0.25) is 0 Å². The third-order valence-electron chi connectivity index (χ3n) is 4.19. The fourth-order valence-corrected chi connectivity index (χ4v) is 2.94. The molecule has 2 aromatic carbocycles. The molecular formula is C18H19FN2O2. The minimum atomic E-state index is -0.592. The van der Waals surface area contributed by atoms with E-state index in [4.69, 9.17) is 0 Å². The van der Waals surface area contributed by atoms with Gasteiger partial charge in [-0.25, -0.2) is 9.18 Å². The van der Waals surface area contributed by atoms with Crippen LogP contribution in [0.15, 0.2) is 54.6 Å². The number of nitrogens with zero attached hydrogens (tertiary/aromatic N) is 1. The Hall–Kier alpha value is -2.40. The van der Waals surface area contributed by atoms with Crippen LogP contribution in [0.1, 0.15) is 17.9 Å². The van der Waals surface area contributed by atoms with Gasteiger partial charge in [-0.05, 0) is 36.2 Å². The van der Waals surface area contributed by atoms with Gasteiger partial charge in [-0.1, -0.05) is 30.3 Å². The number of carbonyl (C=O) groups excluding carboxylic acids is 1. The lowest BCUT2D eigenvalue weighted by atomic mass is 9.87. The second-order valence-electron chi connectivity index (χ2n) is 5.76. The van der Waals surface area contributed by atoms with E-state index in [0.29, 0.717) is 18.7 Å². The molecule has 1 fully saturated rings. The lowest BCUT2D eigenvalue weighted by Gasteiger charge is -2.36. The molecule has 0 saturated carbocycles. The quantitative estimate of drug-likeness (QED) is 0.894. The number of benzene rings is 2. The molecule has 0 aliphatic carbocycles. The van der Waals surface area contributed by atoms with Crippen molar-refractivity contribution < 1.29 is 14.3 Å². The number of urea groups is 1. The first-order valence-electron chi connectivity index (χ1n) is 7.68. The first-order chi connectivity index (χ1) is 11.1. The van der Waals surface area contributed by atoms with Crippen LogP contribution in [0, 0.1) is 5.82 Å². The lowest BCUT2D eigenvalue weighted by molar-refractivity contribution is 0.0688. The van der Waals surface area contributed by atoms with E-state index < -0.39 is 6.10 Å². The van der Waals surface area contributed by atoms with E-state index in [1.807, 2.05) is 30.3 Å². The summed E-state index contributed by atoms with van der Waals surface area (Å²) < 4.78 is 12.9. The number of nitrogens with one attached hydrogen (secondary N) is 1. The summed E-state index contributed by atoms with van der Waals surface area (Å²) in [6.45, 7) is 0.857. The fraction of sp³-hybridized carbons (Fsp3) is 0.278. The summed E-state index contributed by atoms with van der Waals surface area (Å²) >= 11 is 0. The van der Waals surface area contributed by atoms with Crippen molar-refractivity contribution in [3.8, 4) is 0 Å². The third kappa shape index (κ3) is 3.68. The minimum Gasteiger partial charge on any atom is -0.391 e. The first-order valence-corrected chi connectivity index (χ1v) is 7.68. The van der Waals surface area contributed by atoms with E-state index in [1.165, 1.54) is 24.3 Å². The maximum atomic E-state index is 12.9. The van der Waals surface area contributed by atoms with Crippen LogP contribution in [0.5, 0.6) is 0 Å². The van der Waals surface area contributed by atoms with Crippen LogP contribution in [0.25, 0.3) is 0 Å². The van der Waals surface area contributed by atoms with Crippen LogP contribution >= 0.6 is 0 Å². The average molecular weight is 314 g/mol. The Kier molecular flexibility index (Phi) is 4.57. The predicted molar refractivity (Wildman–Crippen MR) is 86.8 cm³/mol. The SMILES string of the molecule is O=C(Nc1ccc(F)cc1)N1CC[C@H](c2ccccc2)[C@H](O)C1. The number of hydrogen-bond acceptors (Lipinski definition) is 2. The zero-order valence-electron chi connectivity index (χ0n) is 12.7. The molecule has 0 aromatic heterocycles. The van der Waals surface area contributed by atoms with Gasteiger partial charge in [0.05, 0.1) is 6.10 Å². The van der Waals surface area contributed by atoms with E-state index in [-0.39, 0.29) is 24.3 Å². The Labute approximate surface area is 134 Å². The summed E-state index contributed by atoms with van der Waals surface area (Å²) in [5, 5.41) is 13.1. The topological polar surface area (TPSA) is 52.6 Å². The summed E-state index contributed by atoms with van der Waals surface area (Å²) in [7, 11) is 0. The maximum absolute atomic E-state index is 12.9. The predicted octanol–water partition coefficient (Wildman–Crippen LogP) is 3.21. The number of anilines is 1. The molecule has 23 heavy (non-hydrogen) atoms. The summed E-state index contributed by atoms with van der Waals surface area (Å²) in [5.74, 6) is -0.298. The molecule has 2 aromatic rings. The molecule has 0 spiro atoms. The Balaban J connectivity index is 1.61. The third-order valence-corrected chi connectivity index (χ3v) is 4.19. The van der Waals surface area contributed by atoms with Crippen molar-refractivity contribution in [1.82, 2.24) is 4.90 Å². The molecule has 120 valence electrons. The second-order valence-corrected chi connectivity index (χ2v) is 5.76. The molecule has 0 radical (unpaired) electrons. The standard InChI is InChI=1S/C18H19FN2O2/c19-14-6-8-15(9-7-14)20-18(23)21-11-10-16(17(22)12-21)13-4-2-1-3-5-13/h1-9,16-17,22H,10-12H2,(H,20,23)/t16-,17-/m1/s1. The molecule has 0 bridgehead atoms. The number of aliphatic hydroxyl groups excluding tert-OH is 1. The van der Waals surface area contributed by atoms with Gasteiger partial charge in [-0.15, -0.1) is 0 Å². The maximum Gasteiger partial charge on any atom is 0.321 e. The van der Waals surface area contributed by atoms with Crippen molar-refractivity contribution in [3.63, 3.8) is 0 Å². The average Bonchev–Trinajstić information content (AvgIpc) is 2.57. The molecule has 0 unspecified atom stereocenters. The number of β-amino-alcohol motifs (C(OH)–C–C–N with tert-alkyl or cyclic N) is 1. The highest BCUT2D eigenvalue weighted by atomic mass is 19.1. The highest BCUT2D eigenvalue weighted by Crippen LogP contribution is 2.28. The van der Waals surface area contributed by atoms with Gasteiger partial charge in [0, 0.05) is 24.7 Å². The molecule has 2 amide bonds. The molecule has 2 N–H and O–H groups in total. The minimum absolute atomic E-state index is 0.0473. The molecule has 1 aliphatic rings. The van der Waals surface area contributed by atoms with E-state index in [2.05, 4.69) is 5.32 Å². The summed E-state index contributed by atoms with van der Waals surface area (Å²) in [4.78, 5) is 13.8. The first kappa shape index (κ1) is 15.5. The zero-order chi connectivity index (χ0) is 16.2. The number of likely N-dealkylation sites (tertiary alicyclic amines) is 1. The van der Waals surface area contributed by atoms with Crippen LogP contribution < -0.4 is 5.32 Å². The van der Waals surface area contributed by atoms with Gasteiger partial charge in [0.15, 0.2) is 0 Å². The molecule has 1 heterocycles. The number of hydrogen-bond donors (Lipinski definition) is 2. The number of rotatable bonds is 2. The van der Waals surface area contributed by atoms with E-state index in [9.17, 15) is 14.3 Å². The Morgan fingerprint density at radius 2 is 1.83 bits per heavy atom. The van der Waals surface area contributed by atoms with E-state index in [0.717, 1.165) is 5.56 Å². The van der Waals surface area contributed by atoms with Crippen molar-refractivity contribution in [2.45, 2.75) is 18.4 Å². The number of piperidine rings is 1. The summed E-state index contributed by atoms with van der Waals surface area (Å²) in [6, 6.07) is 15.2. The van der Waals surface area contributed by atoms with Gasteiger partial charge in [-0.3, -0.25) is 0 Å². The normalized spacial score (nSPS) is 21.0. The van der Waals surface area contributed by atoms with Crippen molar-refractivity contribution in [3.05, 3.63) is 66.0 Å². The largest absolute Gasteiger partial charge is 0.391 e. The molecule has 5 heteroatoms. The smallest absolute Gasteiger partial charge is 0.321 e. The molecule has 3 rings (SSSR count). The molecule has 1 aliphatic heterocycles. The van der Waals surface area contributed by atoms with Crippen LogP contribution in [0.4, 0.5) is 14.9 Å². The fourth-order valence-electron chi connectivity index (χ4n) is 2.94. The van der Waals surface area contributed by atoms with Crippen LogP contribution in [0.3, 0.4) is 0 Å².